The number of primary amides is 1. The van der Waals surface area contributed by atoms with Crippen molar-refractivity contribution in [2.24, 2.45) is 5.73 Å². The SMILES string of the molecule is CSSCc1cc(CSSC)cc(C(N)=O)c1. The highest BCUT2D eigenvalue weighted by Gasteiger charge is 2.06. The van der Waals surface area contributed by atoms with Crippen LogP contribution in [0.15, 0.2) is 18.2 Å². The molecule has 0 saturated carbocycles. The molecule has 1 aromatic rings. The molecule has 0 aliphatic carbocycles. The average Bonchev–Trinajstić information content (AvgIpc) is 2.33. The lowest BCUT2D eigenvalue weighted by Crippen LogP contribution is -2.11. The van der Waals surface area contributed by atoms with Crippen molar-refractivity contribution in [2.75, 3.05) is 12.5 Å². The third-order valence-electron chi connectivity index (χ3n) is 2.02. The summed E-state index contributed by atoms with van der Waals surface area (Å²) in [6, 6.07) is 5.93. The summed E-state index contributed by atoms with van der Waals surface area (Å²) >= 11 is 0. The van der Waals surface area contributed by atoms with E-state index in [9.17, 15) is 4.79 Å². The molecule has 0 aliphatic heterocycles. The van der Waals surface area contributed by atoms with Crippen LogP contribution in [0.25, 0.3) is 0 Å². The maximum atomic E-state index is 11.3. The highest BCUT2D eigenvalue weighted by Crippen LogP contribution is 2.27. The zero-order valence-corrected chi connectivity index (χ0v) is 13.0. The molecule has 0 fully saturated rings. The van der Waals surface area contributed by atoms with Gasteiger partial charge in [0.25, 0.3) is 0 Å². The van der Waals surface area contributed by atoms with Crippen LogP contribution in [-0.2, 0) is 11.5 Å². The van der Waals surface area contributed by atoms with Crippen molar-refractivity contribution >= 4 is 49.1 Å². The summed E-state index contributed by atoms with van der Waals surface area (Å²) in [4.78, 5) is 11.3. The number of amides is 1. The quantitative estimate of drug-likeness (QED) is 0.776. The molecule has 2 N–H and O–H groups in total. The maximum Gasteiger partial charge on any atom is 0.248 e. The fraction of sp³-hybridized carbons (Fsp3) is 0.364. The Bertz CT molecular complexity index is 357. The highest BCUT2D eigenvalue weighted by atomic mass is 33.1. The van der Waals surface area contributed by atoms with Gasteiger partial charge in [-0.3, -0.25) is 4.79 Å². The van der Waals surface area contributed by atoms with Gasteiger partial charge in [-0.1, -0.05) is 49.2 Å². The minimum atomic E-state index is -0.351. The normalized spacial score (nSPS) is 10.5. The number of hydrogen-bond acceptors (Lipinski definition) is 5. The van der Waals surface area contributed by atoms with Gasteiger partial charge in [0, 0.05) is 17.1 Å². The Morgan fingerprint density at radius 3 is 1.88 bits per heavy atom. The van der Waals surface area contributed by atoms with Crippen LogP contribution in [0.1, 0.15) is 21.5 Å². The fourth-order valence-corrected chi connectivity index (χ4v) is 3.69. The lowest BCUT2D eigenvalue weighted by molar-refractivity contribution is 0.1000. The third kappa shape index (κ3) is 5.50. The molecule has 0 radical (unpaired) electrons. The van der Waals surface area contributed by atoms with Gasteiger partial charge >= 0.3 is 0 Å². The molecule has 1 rings (SSSR count). The molecular formula is C11H15NOS4. The summed E-state index contributed by atoms with van der Waals surface area (Å²) in [5.41, 5.74) is 8.29. The van der Waals surface area contributed by atoms with Crippen molar-refractivity contribution < 1.29 is 4.79 Å². The predicted molar refractivity (Wildman–Crippen MR) is 84.6 cm³/mol. The molecule has 1 amide bonds. The Morgan fingerprint density at radius 1 is 1.06 bits per heavy atom. The topological polar surface area (TPSA) is 43.1 Å². The lowest BCUT2D eigenvalue weighted by atomic mass is 10.1. The van der Waals surface area contributed by atoms with Crippen molar-refractivity contribution in [1.29, 1.82) is 0 Å². The second-order valence-corrected chi connectivity index (χ2v) is 8.39. The highest BCUT2D eigenvalue weighted by molar-refractivity contribution is 8.76. The fourth-order valence-electron chi connectivity index (χ4n) is 1.33. The Labute approximate surface area is 118 Å². The molecule has 1 aromatic carbocycles. The smallest absolute Gasteiger partial charge is 0.248 e. The van der Waals surface area contributed by atoms with Crippen LogP contribution in [0.5, 0.6) is 0 Å². The van der Waals surface area contributed by atoms with E-state index in [1.165, 1.54) is 0 Å². The Morgan fingerprint density at radius 2 is 1.53 bits per heavy atom. The molecule has 0 spiro atoms. The first-order valence-corrected chi connectivity index (χ1v) is 10.4. The molecule has 0 heterocycles. The minimum absolute atomic E-state index is 0.351. The minimum Gasteiger partial charge on any atom is -0.366 e. The Hall–Kier alpha value is 0.0900. The molecular weight excluding hydrogens is 290 g/mol. The van der Waals surface area contributed by atoms with Gasteiger partial charge in [-0.15, -0.1) is 0 Å². The second kappa shape index (κ2) is 8.24. The first-order valence-electron chi connectivity index (χ1n) is 4.91. The van der Waals surface area contributed by atoms with E-state index in [0.717, 1.165) is 22.6 Å². The van der Waals surface area contributed by atoms with Crippen molar-refractivity contribution in [3.8, 4) is 0 Å². The van der Waals surface area contributed by atoms with Crippen molar-refractivity contribution in [1.82, 2.24) is 0 Å². The van der Waals surface area contributed by atoms with Crippen LogP contribution in [0.2, 0.25) is 0 Å². The van der Waals surface area contributed by atoms with Gasteiger partial charge in [0.15, 0.2) is 0 Å². The van der Waals surface area contributed by atoms with E-state index in [1.54, 1.807) is 43.2 Å². The van der Waals surface area contributed by atoms with E-state index in [4.69, 9.17) is 5.73 Å². The van der Waals surface area contributed by atoms with Gasteiger partial charge in [0.05, 0.1) is 0 Å². The van der Waals surface area contributed by atoms with Gasteiger partial charge in [0.1, 0.15) is 0 Å². The summed E-state index contributed by atoms with van der Waals surface area (Å²) in [6.07, 6.45) is 4.10. The molecule has 6 heteroatoms. The molecule has 0 bridgehead atoms. The van der Waals surface area contributed by atoms with Gasteiger partial charge < -0.3 is 5.73 Å². The molecule has 94 valence electrons. The zero-order valence-electron chi connectivity index (χ0n) is 9.76. The second-order valence-electron chi connectivity index (χ2n) is 3.26. The van der Waals surface area contributed by atoms with Crippen LogP contribution in [0.3, 0.4) is 0 Å². The standard InChI is InChI=1S/C11H15NOS4/c1-14-16-6-8-3-9(7-17-15-2)5-10(4-8)11(12)13/h3-5H,6-7H2,1-2H3,(H2,12,13). The predicted octanol–water partition coefficient (Wildman–Crippen LogP) is 3.81. The number of nitrogens with two attached hydrogens (primary N) is 1. The molecule has 0 unspecified atom stereocenters. The number of carbonyl (C=O) groups is 1. The first-order chi connectivity index (χ1) is 8.17. The number of rotatable bonds is 7. The van der Waals surface area contributed by atoms with Crippen molar-refractivity contribution in [3.05, 3.63) is 34.9 Å². The number of hydrogen-bond donors (Lipinski definition) is 1. The van der Waals surface area contributed by atoms with E-state index >= 15 is 0 Å². The van der Waals surface area contributed by atoms with Crippen LogP contribution < -0.4 is 5.73 Å². The number of benzene rings is 1. The third-order valence-corrected chi connectivity index (χ3v) is 5.52. The largest absolute Gasteiger partial charge is 0.366 e. The van der Waals surface area contributed by atoms with Gasteiger partial charge in [-0.25, -0.2) is 0 Å². The van der Waals surface area contributed by atoms with E-state index in [2.05, 4.69) is 6.07 Å². The number of carbonyl (C=O) groups excluding carboxylic acids is 1. The van der Waals surface area contributed by atoms with E-state index in [0.29, 0.717) is 5.56 Å². The van der Waals surface area contributed by atoms with Crippen molar-refractivity contribution in [3.63, 3.8) is 0 Å². The average molecular weight is 306 g/mol. The zero-order chi connectivity index (χ0) is 12.7. The van der Waals surface area contributed by atoms with Gasteiger partial charge in [0.2, 0.25) is 5.91 Å². The first kappa shape index (κ1) is 15.1. The summed E-state index contributed by atoms with van der Waals surface area (Å²) in [6.45, 7) is 0. The van der Waals surface area contributed by atoms with E-state index in [1.807, 2.05) is 24.6 Å². The van der Waals surface area contributed by atoms with Crippen LogP contribution >= 0.6 is 43.2 Å². The van der Waals surface area contributed by atoms with Gasteiger partial charge in [-0.05, 0) is 35.8 Å². The monoisotopic (exact) mass is 305 g/mol. The molecule has 0 atom stereocenters. The van der Waals surface area contributed by atoms with Crippen LogP contribution in [0.4, 0.5) is 0 Å². The Kier molecular flexibility index (Phi) is 7.34. The van der Waals surface area contributed by atoms with Crippen molar-refractivity contribution in [2.45, 2.75) is 11.5 Å². The van der Waals surface area contributed by atoms with Crippen LogP contribution in [0, 0.1) is 0 Å². The summed E-state index contributed by atoms with van der Waals surface area (Å²) < 4.78 is 0. The van der Waals surface area contributed by atoms with E-state index in [-0.39, 0.29) is 5.91 Å². The molecule has 0 saturated heterocycles. The summed E-state index contributed by atoms with van der Waals surface area (Å²) in [5, 5.41) is 0. The van der Waals surface area contributed by atoms with E-state index < -0.39 is 0 Å². The van der Waals surface area contributed by atoms with Crippen LogP contribution in [-0.4, -0.2) is 18.4 Å². The van der Waals surface area contributed by atoms with Gasteiger partial charge in [-0.2, -0.15) is 0 Å². The summed E-state index contributed by atoms with van der Waals surface area (Å²) in [5.74, 6) is 1.45. The molecule has 0 aromatic heterocycles. The maximum absolute atomic E-state index is 11.3. The lowest BCUT2D eigenvalue weighted by Gasteiger charge is -2.07. The summed E-state index contributed by atoms with van der Waals surface area (Å²) in [7, 11) is 6.98. The Balaban J connectivity index is 2.88. The molecule has 2 nitrogen and oxygen atoms in total. The molecule has 0 aliphatic rings. The molecule has 17 heavy (non-hydrogen) atoms.